The zero-order valence-corrected chi connectivity index (χ0v) is 15.4. The summed E-state index contributed by atoms with van der Waals surface area (Å²) < 4.78 is 5.57. The zero-order chi connectivity index (χ0) is 19.4. The van der Waals surface area contributed by atoms with Crippen LogP contribution in [0, 0.1) is 6.92 Å². The molecular formula is C20H17NO5S. The van der Waals surface area contributed by atoms with Crippen molar-refractivity contribution < 1.29 is 24.2 Å². The van der Waals surface area contributed by atoms with Crippen LogP contribution in [0.3, 0.4) is 0 Å². The van der Waals surface area contributed by atoms with E-state index in [0.717, 1.165) is 22.2 Å². The highest BCUT2D eigenvalue weighted by Crippen LogP contribution is 2.32. The fraction of sp³-hybridized carbons (Fsp3) is 0.150. The van der Waals surface area contributed by atoms with Gasteiger partial charge in [0.1, 0.15) is 12.4 Å². The van der Waals surface area contributed by atoms with Crippen LogP contribution >= 0.6 is 11.8 Å². The van der Waals surface area contributed by atoms with Crippen molar-refractivity contribution in [2.24, 2.45) is 0 Å². The Morgan fingerprint density at radius 1 is 1.15 bits per heavy atom. The van der Waals surface area contributed by atoms with Gasteiger partial charge < -0.3 is 9.84 Å². The van der Waals surface area contributed by atoms with Crippen molar-refractivity contribution in [3.05, 3.63) is 70.1 Å². The van der Waals surface area contributed by atoms with Gasteiger partial charge in [-0.3, -0.25) is 14.5 Å². The third kappa shape index (κ3) is 4.38. The fourth-order valence-corrected chi connectivity index (χ4v) is 3.40. The van der Waals surface area contributed by atoms with Crippen LogP contribution in [-0.2, 0) is 4.79 Å². The van der Waals surface area contributed by atoms with Gasteiger partial charge in [0.15, 0.2) is 0 Å². The maximum absolute atomic E-state index is 12.5. The number of carboxylic acids is 1. The summed E-state index contributed by atoms with van der Waals surface area (Å²) in [6.45, 7) is 2.27. The molecule has 3 rings (SSSR count). The van der Waals surface area contributed by atoms with E-state index < -0.39 is 17.1 Å². The summed E-state index contributed by atoms with van der Waals surface area (Å²) in [7, 11) is 0. The number of carbonyl (C=O) groups is 3. The van der Waals surface area contributed by atoms with Gasteiger partial charge in [0.25, 0.3) is 11.1 Å². The van der Waals surface area contributed by atoms with Crippen LogP contribution in [0.1, 0.15) is 21.5 Å². The standard InChI is InChI=1S/C20H17NO5S/c1-13-6-8-15(9-7-13)26-11-10-21-18(22)17(27-20(21)25)12-14-4-2-3-5-16(14)19(23)24/h2-9,12H,10-11H2,1H3,(H,23,24)/b17-12-. The van der Waals surface area contributed by atoms with Gasteiger partial charge >= 0.3 is 5.97 Å². The highest BCUT2D eigenvalue weighted by Gasteiger charge is 2.35. The van der Waals surface area contributed by atoms with Crippen LogP contribution in [-0.4, -0.2) is 40.3 Å². The van der Waals surface area contributed by atoms with Gasteiger partial charge in [-0.1, -0.05) is 35.9 Å². The fourth-order valence-electron chi connectivity index (χ4n) is 2.54. The number of aromatic carboxylic acids is 1. The van der Waals surface area contributed by atoms with Crippen molar-refractivity contribution in [2.45, 2.75) is 6.92 Å². The molecule has 1 aliphatic heterocycles. The molecule has 6 nitrogen and oxygen atoms in total. The van der Waals surface area contributed by atoms with Gasteiger partial charge in [0.05, 0.1) is 17.0 Å². The maximum atomic E-state index is 12.5. The second-order valence-corrected chi connectivity index (χ2v) is 6.88. The number of carbonyl (C=O) groups excluding carboxylic acids is 2. The third-order valence-electron chi connectivity index (χ3n) is 3.96. The molecule has 1 saturated heterocycles. The summed E-state index contributed by atoms with van der Waals surface area (Å²) in [5.74, 6) is -0.872. The highest BCUT2D eigenvalue weighted by molar-refractivity contribution is 8.18. The van der Waals surface area contributed by atoms with Gasteiger partial charge in [-0.15, -0.1) is 0 Å². The monoisotopic (exact) mass is 383 g/mol. The molecule has 1 N–H and O–H groups in total. The number of rotatable bonds is 6. The minimum atomic E-state index is -1.09. The molecule has 1 heterocycles. The lowest BCUT2D eigenvalue weighted by atomic mass is 10.1. The molecule has 0 atom stereocenters. The van der Waals surface area contributed by atoms with E-state index in [0.29, 0.717) is 11.3 Å². The Labute approximate surface area is 160 Å². The topological polar surface area (TPSA) is 83.9 Å². The Hall–Kier alpha value is -3.06. The van der Waals surface area contributed by atoms with E-state index in [-0.39, 0.29) is 23.6 Å². The number of hydrogen-bond acceptors (Lipinski definition) is 5. The van der Waals surface area contributed by atoms with Crippen molar-refractivity contribution in [2.75, 3.05) is 13.2 Å². The number of ether oxygens (including phenoxy) is 1. The van der Waals surface area contributed by atoms with E-state index in [1.165, 1.54) is 12.1 Å². The van der Waals surface area contributed by atoms with Crippen molar-refractivity contribution in [3.63, 3.8) is 0 Å². The average Bonchev–Trinajstić information content (AvgIpc) is 2.91. The molecule has 27 heavy (non-hydrogen) atoms. The predicted octanol–water partition coefficient (Wildman–Crippen LogP) is 3.81. The Kier molecular flexibility index (Phi) is 5.61. The van der Waals surface area contributed by atoms with Crippen molar-refractivity contribution >= 4 is 35.0 Å². The van der Waals surface area contributed by atoms with E-state index in [1.54, 1.807) is 18.2 Å². The van der Waals surface area contributed by atoms with E-state index in [4.69, 9.17) is 4.74 Å². The summed E-state index contributed by atoms with van der Waals surface area (Å²) in [6, 6.07) is 13.8. The number of aryl methyl sites for hydroxylation is 1. The molecule has 0 radical (unpaired) electrons. The smallest absolute Gasteiger partial charge is 0.336 e. The molecule has 2 aromatic rings. The van der Waals surface area contributed by atoms with Crippen molar-refractivity contribution in [1.29, 1.82) is 0 Å². The first kappa shape index (κ1) is 18.7. The summed E-state index contributed by atoms with van der Waals surface area (Å²) in [6.07, 6.45) is 1.44. The summed E-state index contributed by atoms with van der Waals surface area (Å²) >= 11 is 0.795. The van der Waals surface area contributed by atoms with E-state index in [9.17, 15) is 19.5 Å². The SMILES string of the molecule is Cc1ccc(OCCN2C(=O)S/C(=C\c3ccccc3C(=O)O)C2=O)cc1. The first-order chi connectivity index (χ1) is 13.0. The zero-order valence-electron chi connectivity index (χ0n) is 14.5. The molecule has 1 aliphatic rings. The molecule has 0 bridgehead atoms. The Bertz CT molecular complexity index is 920. The molecule has 0 saturated carbocycles. The van der Waals surface area contributed by atoms with Gasteiger partial charge in [0.2, 0.25) is 0 Å². The molecule has 138 valence electrons. The van der Waals surface area contributed by atoms with Gasteiger partial charge in [0, 0.05) is 0 Å². The van der Waals surface area contributed by atoms with E-state index in [2.05, 4.69) is 0 Å². The Morgan fingerprint density at radius 3 is 2.56 bits per heavy atom. The van der Waals surface area contributed by atoms with Gasteiger partial charge in [-0.05, 0) is 48.5 Å². The second-order valence-electron chi connectivity index (χ2n) is 5.89. The quantitative estimate of drug-likeness (QED) is 0.764. The largest absolute Gasteiger partial charge is 0.492 e. The van der Waals surface area contributed by atoms with Gasteiger partial charge in [-0.25, -0.2) is 4.79 Å². The first-order valence-corrected chi connectivity index (χ1v) is 9.04. The lowest BCUT2D eigenvalue weighted by molar-refractivity contribution is -0.123. The molecule has 1 fully saturated rings. The Balaban J connectivity index is 1.68. The average molecular weight is 383 g/mol. The third-order valence-corrected chi connectivity index (χ3v) is 4.86. The van der Waals surface area contributed by atoms with Crippen molar-refractivity contribution in [1.82, 2.24) is 4.90 Å². The van der Waals surface area contributed by atoms with E-state index in [1.807, 2.05) is 31.2 Å². The highest BCUT2D eigenvalue weighted by atomic mass is 32.2. The predicted molar refractivity (Wildman–Crippen MR) is 103 cm³/mol. The van der Waals surface area contributed by atoms with Crippen LogP contribution < -0.4 is 4.74 Å². The van der Waals surface area contributed by atoms with Crippen LogP contribution in [0.15, 0.2) is 53.4 Å². The lowest BCUT2D eigenvalue weighted by Crippen LogP contribution is -2.32. The summed E-state index contributed by atoms with van der Waals surface area (Å²) in [5, 5.41) is 8.84. The molecule has 0 aliphatic carbocycles. The number of hydrogen-bond donors (Lipinski definition) is 1. The molecule has 7 heteroatoms. The number of amides is 2. The number of imide groups is 1. The molecular weight excluding hydrogens is 366 g/mol. The lowest BCUT2D eigenvalue weighted by Gasteiger charge is -2.13. The van der Waals surface area contributed by atoms with Gasteiger partial charge in [-0.2, -0.15) is 0 Å². The normalized spacial score (nSPS) is 15.4. The van der Waals surface area contributed by atoms with Crippen LogP contribution in [0.25, 0.3) is 6.08 Å². The Morgan fingerprint density at radius 2 is 1.85 bits per heavy atom. The maximum Gasteiger partial charge on any atom is 0.336 e. The minimum Gasteiger partial charge on any atom is -0.492 e. The van der Waals surface area contributed by atoms with Crippen LogP contribution in [0.5, 0.6) is 5.75 Å². The molecule has 2 amide bonds. The second kappa shape index (κ2) is 8.09. The van der Waals surface area contributed by atoms with Crippen molar-refractivity contribution in [3.8, 4) is 5.75 Å². The number of benzene rings is 2. The molecule has 2 aromatic carbocycles. The van der Waals surface area contributed by atoms with Crippen LogP contribution in [0.4, 0.5) is 4.79 Å². The van der Waals surface area contributed by atoms with E-state index >= 15 is 0 Å². The first-order valence-electron chi connectivity index (χ1n) is 8.23. The van der Waals surface area contributed by atoms with Crippen LogP contribution in [0.2, 0.25) is 0 Å². The molecule has 0 spiro atoms. The number of thioether (sulfide) groups is 1. The summed E-state index contributed by atoms with van der Waals surface area (Å²) in [4.78, 5) is 37.2. The molecule has 0 aromatic heterocycles. The number of carboxylic acid groups (broad SMARTS) is 1. The minimum absolute atomic E-state index is 0.0759. The number of nitrogens with zero attached hydrogens (tertiary/aromatic N) is 1. The molecule has 0 unspecified atom stereocenters. The summed E-state index contributed by atoms with van der Waals surface area (Å²) in [5.41, 5.74) is 1.57.